The van der Waals surface area contributed by atoms with Crippen molar-refractivity contribution in [2.24, 2.45) is 17.8 Å². The van der Waals surface area contributed by atoms with E-state index >= 15 is 0 Å². The average Bonchev–Trinajstić information content (AvgIpc) is 3.36. The van der Waals surface area contributed by atoms with Gasteiger partial charge in [-0.05, 0) is 55.9 Å². The summed E-state index contributed by atoms with van der Waals surface area (Å²) in [6, 6.07) is 8.32. The number of hydrogen-bond donors (Lipinski definition) is 1. The van der Waals surface area contributed by atoms with Gasteiger partial charge in [-0.15, -0.1) is 0 Å². The third-order valence-electron chi connectivity index (χ3n) is 6.78. The molecule has 0 amide bonds. The van der Waals surface area contributed by atoms with Crippen molar-refractivity contribution in [3.05, 3.63) is 47.5 Å². The quantitative estimate of drug-likeness (QED) is 0.258. The first-order chi connectivity index (χ1) is 15.0. The molecule has 0 aromatic heterocycles. The standard InChI is InChI=1S/C20H32O3.C8H12/c1-3-4-5-6-7-8-9-19(14-15-20(21)22)23-16-18-12-10-17(2)11-13-18;1-6-4-7-2-3-8(6)5-7/h10-13,19H,3-9,14-16H2,1-2H3,(H,21,22);2-3,6-8H,4-5H2,1H3. The number of fused-ring (bicyclic) bond motifs is 2. The maximum atomic E-state index is 10.8. The van der Waals surface area contributed by atoms with E-state index in [1.165, 1.54) is 50.5 Å². The van der Waals surface area contributed by atoms with E-state index in [0.29, 0.717) is 13.0 Å². The predicted octanol–water partition coefficient (Wildman–Crippen LogP) is 7.71. The van der Waals surface area contributed by atoms with Gasteiger partial charge in [0.25, 0.3) is 0 Å². The Labute approximate surface area is 190 Å². The van der Waals surface area contributed by atoms with Gasteiger partial charge in [0.1, 0.15) is 0 Å². The summed E-state index contributed by atoms with van der Waals surface area (Å²) in [5.41, 5.74) is 2.39. The largest absolute Gasteiger partial charge is 0.481 e. The van der Waals surface area contributed by atoms with Crippen molar-refractivity contribution in [3.8, 4) is 0 Å². The fourth-order valence-corrected chi connectivity index (χ4v) is 4.70. The van der Waals surface area contributed by atoms with Crippen LogP contribution >= 0.6 is 0 Å². The Bertz CT molecular complexity index is 649. The van der Waals surface area contributed by atoms with Crippen molar-refractivity contribution < 1.29 is 14.6 Å². The van der Waals surface area contributed by atoms with Crippen LogP contribution in [0.1, 0.15) is 95.6 Å². The molecule has 0 aliphatic heterocycles. The average molecular weight is 429 g/mol. The van der Waals surface area contributed by atoms with Crippen LogP contribution in [0.25, 0.3) is 0 Å². The molecule has 4 unspecified atom stereocenters. The van der Waals surface area contributed by atoms with Crippen molar-refractivity contribution in [1.82, 2.24) is 0 Å². The molecule has 0 radical (unpaired) electrons. The molecule has 2 aliphatic rings. The van der Waals surface area contributed by atoms with Crippen LogP contribution in [-0.2, 0) is 16.1 Å². The zero-order valence-electron chi connectivity index (χ0n) is 20.0. The Morgan fingerprint density at radius 2 is 1.74 bits per heavy atom. The van der Waals surface area contributed by atoms with Gasteiger partial charge in [0.2, 0.25) is 0 Å². The molecule has 1 aromatic carbocycles. The molecule has 0 heterocycles. The highest BCUT2D eigenvalue weighted by Crippen LogP contribution is 2.42. The zero-order chi connectivity index (χ0) is 22.5. The number of rotatable bonds is 13. The number of aliphatic carboxylic acids is 1. The van der Waals surface area contributed by atoms with E-state index in [-0.39, 0.29) is 12.5 Å². The smallest absolute Gasteiger partial charge is 0.303 e. The summed E-state index contributed by atoms with van der Waals surface area (Å²) in [4.78, 5) is 10.8. The molecular weight excluding hydrogens is 384 g/mol. The highest BCUT2D eigenvalue weighted by atomic mass is 16.5. The van der Waals surface area contributed by atoms with Crippen molar-refractivity contribution in [2.75, 3.05) is 0 Å². The monoisotopic (exact) mass is 428 g/mol. The molecule has 1 aromatic rings. The van der Waals surface area contributed by atoms with E-state index in [4.69, 9.17) is 9.84 Å². The molecule has 2 aliphatic carbocycles. The van der Waals surface area contributed by atoms with Gasteiger partial charge in [0.15, 0.2) is 0 Å². The molecule has 1 fully saturated rings. The maximum absolute atomic E-state index is 10.8. The minimum atomic E-state index is -0.739. The maximum Gasteiger partial charge on any atom is 0.303 e. The third-order valence-corrected chi connectivity index (χ3v) is 6.78. The van der Waals surface area contributed by atoms with Crippen molar-refractivity contribution in [2.45, 2.75) is 104 Å². The Hall–Kier alpha value is -1.61. The van der Waals surface area contributed by atoms with Crippen LogP contribution in [0.4, 0.5) is 0 Å². The normalized spacial score (nSPS) is 22.2. The fourth-order valence-electron chi connectivity index (χ4n) is 4.70. The van der Waals surface area contributed by atoms with E-state index in [9.17, 15) is 4.79 Å². The SMILES string of the molecule is CC1CC2C=CC1C2.CCCCCCCCC(CCC(=O)O)OCc1ccc(C)cc1. The molecule has 0 saturated heterocycles. The molecule has 31 heavy (non-hydrogen) atoms. The van der Waals surface area contributed by atoms with Crippen LogP contribution < -0.4 is 0 Å². The lowest BCUT2D eigenvalue weighted by Crippen LogP contribution is -2.15. The number of benzene rings is 1. The van der Waals surface area contributed by atoms with Crippen molar-refractivity contribution >= 4 is 5.97 Å². The highest BCUT2D eigenvalue weighted by molar-refractivity contribution is 5.66. The summed E-state index contributed by atoms with van der Waals surface area (Å²) in [5, 5.41) is 8.89. The summed E-state index contributed by atoms with van der Waals surface area (Å²) in [6.45, 7) is 7.23. The van der Waals surface area contributed by atoms with Gasteiger partial charge in [0, 0.05) is 6.42 Å². The van der Waals surface area contributed by atoms with Crippen LogP contribution in [0, 0.1) is 24.7 Å². The number of aryl methyl sites for hydroxylation is 1. The van der Waals surface area contributed by atoms with Crippen LogP contribution in [0.2, 0.25) is 0 Å². The first-order valence-electron chi connectivity index (χ1n) is 12.5. The van der Waals surface area contributed by atoms with Gasteiger partial charge in [-0.2, -0.15) is 0 Å². The number of unbranched alkanes of at least 4 members (excludes halogenated alkanes) is 5. The van der Waals surface area contributed by atoms with Gasteiger partial charge in [-0.1, -0.05) is 94.4 Å². The lowest BCUT2D eigenvalue weighted by atomic mass is 9.96. The summed E-state index contributed by atoms with van der Waals surface area (Å²) in [6.07, 6.45) is 17.0. The van der Waals surface area contributed by atoms with Crippen molar-refractivity contribution in [1.29, 1.82) is 0 Å². The predicted molar refractivity (Wildman–Crippen MR) is 129 cm³/mol. The Morgan fingerprint density at radius 3 is 2.29 bits per heavy atom. The molecule has 3 rings (SSSR count). The number of ether oxygens (including phenoxy) is 1. The van der Waals surface area contributed by atoms with Gasteiger partial charge in [0.05, 0.1) is 12.7 Å². The van der Waals surface area contributed by atoms with Crippen molar-refractivity contribution in [3.63, 3.8) is 0 Å². The lowest BCUT2D eigenvalue weighted by molar-refractivity contribution is -0.138. The van der Waals surface area contributed by atoms with E-state index < -0.39 is 5.97 Å². The summed E-state index contributed by atoms with van der Waals surface area (Å²) in [7, 11) is 0. The molecule has 1 saturated carbocycles. The Balaban J connectivity index is 0.000000348. The van der Waals surface area contributed by atoms with Crippen LogP contribution in [-0.4, -0.2) is 17.2 Å². The topological polar surface area (TPSA) is 46.5 Å². The summed E-state index contributed by atoms with van der Waals surface area (Å²) < 4.78 is 5.98. The third kappa shape index (κ3) is 10.5. The van der Waals surface area contributed by atoms with Gasteiger partial charge < -0.3 is 9.84 Å². The molecular formula is C28H44O3. The second-order valence-electron chi connectivity index (χ2n) is 9.66. The first-order valence-corrected chi connectivity index (χ1v) is 12.5. The van der Waals surface area contributed by atoms with E-state index in [1.54, 1.807) is 0 Å². The van der Waals surface area contributed by atoms with E-state index in [2.05, 4.69) is 57.2 Å². The molecule has 2 bridgehead atoms. The zero-order valence-corrected chi connectivity index (χ0v) is 20.0. The molecule has 0 spiro atoms. The molecule has 174 valence electrons. The van der Waals surface area contributed by atoms with Gasteiger partial charge in [-0.25, -0.2) is 0 Å². The lowest BCUT2D eigenvalue weighted by Gasteiger charge is -2.17. The van der Waals surface area contributed by atoms with Gasteiger partial charge >= 0.3 is 5.97 Å². The van der Waals surface area contributed by atoms with Gasteiger partial charge in [-0.3, -0.25) is 4.79 Å². The van der Waals surface area contributed by atoms with Crippen LogP contribution in [0.5, 0.6) is 0 Å². The number of allylic oxidation sites excluding steroid dienone is 2. The summed E-state index contributed by atoms with van der Waals surface area (Å²) in [5.74, 6) is 2.18. The fraction of sp³-hybridized carbons (Fsp3) is 0.679. The minimum absolute atomic E-state index is 0.0542. The molecule has 1 N–H and O–H groups in total. The molecule has 4 atom stereocenters. The number of hydrogen-bond acceptors (Lipinski definition) is 2. The molecule has 3 heteroatoms. The highest BCUT2D eigenvalue weighted by Gasteiger charge is 2.32. The second kappa shape index (κ2) is 14.5. The number of carbonyl (C=O) groups is 1. The van der Waals surface area contributed by atoms with Crippen LogP contribution in [0.3, 0.4) is 0 Å². The van der Waals surface area contributed by atoms with E-state index in [1.807, 2.05) is 0 Å². The Kier molecular flexibility index (Phi) is 12.0. The van der Waals surface area contributed by atoms with E-state index in [0.717, 1.165) is 36.2 Å². The first kappa shape index (κ1) is 25.6. The number of carboxylic acids is 1. The van der Waals surface area contributed by atoms with Crippen LogP contribution in [0.15, 0.2) is 36.4 Å². The minimum Gasteiger partial charge on any atom is -0.481 e. The Morgan fingerprint density at radius 1 is 1.03 bits per heavy atom. The second-order valence-corrected chi connectivity index (χ2v) is 9.66. The number of carboxylic acid groups (broad SMARTS) is 1. The summed E-state index contributed by atoms with van der Waals surface area (Å²) >= 11 is 0. The molecule has 3 nitrogen and oxygen atoms in total.